The van der Waals surface area contributed by atoms with Gasteiger partial charge in [0.1, 0.15) is 0 Å². The second-order valence-corrected chi connectivity index (χ2v) is 8.83. The van der Waals surface area contributed by atoms with Gasteiger partial charge in [-0.15, -0.1) is 0 Å². The highest BCUT2D eigenvalue weighted by Gasteiger charge is 2.37. The standard InChI is InChI=1S/C24H29NO/c1-16-13-21-22(24(5,6)12-11-23(21,3)4)14-20(16)17(2)19-9-7-18(8-10-19)15-25-26/h7-10,13-15,26H,2,11-12H2,1,3-6H3/b25-15+. The number of hydrogen-bond acceptors (Lipinski definition) is 2. The molecule has 3 rings (SSSR count). The molecule has 0 aromatic heterocycles. The van der Waals surface area contributed by atoms with Crippen molar-refractivity contribution in [2.45, 2.75) is 58.3 Å². The molecule has 0 unspecified atom stereocenters. The molecule has 0 bridgehead atoms. The molecular formula is C24H29NO. The number of oxime groups is 1. The maximum absolute atomic E-state index is 8.67. The summed E-state index contributed by atoms with van der Waals surface area (Å²) in [6.45, 7) is 16.0. The summed E-state index contributed by atoms with van der Waals surface area (Å²) < 4.78 is 0. The van der Waals surface area contributed by atoms with E-state index in [1.165, 1.54) is 41.3 Å². The number of aryl methyl sites for hydroxylation is 1. The first-order chi connectivity index (χ1) is 12.2. The molecule has 2 aromatic rings. The van der Waals surface area contributed by atoms with Crippen molar-refractivity contribution >= 4 is 11.8 Å². The second kappa shape index (κ2) is 6.42. The van der Waals surface area contributed by atoms with Crippen LogP contribution in [0.25, 0.3) is 5.57 Å². The minimum atomic E-state index is 0.190. The van der Waals surface area contributed by atoms with Crippen LogP contribution in [0, 0.1) is 6.92 Å². The molecule has 0 aliphatic heterocycles. The van der Waals surface area contributed by atoms with Gasteiger partial charge >= 0.3 is 0 Å². The van der Waals surface area contributed by atoms with E-state index in [0.717, 1.165) is 16.7 Å². The second-order valence-electron chi connectivity index (χ2n) is 8.83. The largest absolute Gasteiger partial charge is 0.411 e. The minimum Gasteiger partial charge on any atom is -0.411 e. The molecule has 0 fully saturated rings. The van der Waals surface area contributed by atoms with Gasteiger partial charge in [0.15, 0.2) is 0 Å². The summed E-state index contributed by atoms with van der Waals surface area (Å²) in [5.41, 5.74) is 8.85. The van der Waals surface area contributed by atoms with E-state index in [9.17, 15) is 0 Å². The van der Waals surface area contributed by atoms with Gasteiger partial charge in [0.25, 0.3) is 0 Å². The average molecular weight is 348 g/mol. The maximum atomic E-state index is 8.67. The van der Waals surface area contributed by atoms with Crippen LogP contribution in [0.1, 0.15) is 73.9 Å². The van der Waals surface area contributed by atoms with E-state index in [0.29, 0.717) is 0 Å². The van der Waals surface area contributed by atoms with Gasteiger partial charge in [-0.05, 0) is 69.5 Å². The molecule has 1 aliphatic carbocycles. The first-order valence-electron chi connectivity index (χ1n) is 9.28. The van der Waals surface area contributed by atoms with E-state index in [1.807, 2.05) is 24.3 Å². The number of hydrogen-bond donors (Lipinski definition) is 1. The maximum Gasteiger partial charge on any atom is 0.0733 e. The lowest BCUT2D eigenvalue weighted by molar-refractivity contribution is 0.322. The van der Waals surface area contributed by atoms with Crippen molar-refractivity contribution < 1.29 is 5.21 Å². The minimum absolute atomic E-state index is 0.190. The van der Waals surface area contributed by atoms with Crippen LogP contribution in [-0.4, -0.2) is 11.4 Å². The highest BCUT2D eigenvalue weighted by Crippen LogP contribution is 2.47. The van der Waals surface area contributed by atoms with Crippen LogP contribution in [0.2, 0.25) is 0 Å². The first kappa shape index (κ1) is 18.4. The number of nitrogens with zero attached hydrogens (tertiary/aromatic N) is 1. The van der Waals surface area contributed by atoms with E-state index in [-0.39, 0.29) is 10.8 Å². The third-order valence-electron chi connectivity index (χ3n) is 5.99. The van der Waals surface area contributed by atoms with Crippen LogP contribution in [0.15, 0.2) is 48.1 Å². The van der Waals surface area contributed by atoms with E-state index < -0.39 is 0 Å². The molecule has 1 aliphatic rings. The summed E-state index contributed by atoms with van der Waals surface area (Å²) in [7, 11) is 0. The summed E-state index contributed by atoms with van der Waals surface area (Å²) in [6, 6.07) is 12.7. The summed E-state index contributed by atoms with van der Waals surface area (Å²) >= 11 is 0. The molecule has 1 N–H and O–H groups in total. The fourth-order valence-corrected chi connectivity index (χ4v) is 4.04. The van der Waals surface area contributed by atoms with Crippen molar-refractivity contribution in [3.05, 3.63) is 76.4 Å². The van der Waals surface area contributed by atoms with Crippen LogP contribution in [0.4, 0.5) is 0 Å². The Balaban J connectivity index is 2.07. The molecule has 0 heterocycles. The van der Waals surface area contributed by atoms with Crippen LogP contribution >= 0.6 is 0 Å². The zero-order valence-corrected chi connectivity index (χ0v) is 16.6. The van der Waals surface area contributed by atoms with Crippen molar-refractivity contribution in [2.75, 3.05) is 0 Å². The Bertz CT molecular complexity index is 870. The third kappa shape index (κ3) is 3.21. The Morgan fingerprint density at radius 1 is 1.00 bits per heavy atom. The molecular weight excluding hydrogens is 318 g/mol. The molecule has 0 radical (unpaired) electrons. The molecule has 136 valence electrons. The van der Waals surface area contributed by atoms with Crippen molar-refractivity contribution in [3.63, 3.8) is 0 Å². The topological polar surface area (TPSA) is 32.6 Å². The molecule has 2 aromatic carbocycles. The molecule has 0 spiro atoms. The van der Waals surface area contributed by atoms with Gasteiger partial charge in [-0.3, -0.25) is 0 Å². The summed E-state index contributed by atoms with van der Waals surface area (Å²) in [6.07, 6.45) is 3.86. The Kier molecular flexibility index (Phi) is 4.56. The lowest BCUT2D eigenvalue weighted by Gasteiger charge is -2.42. The van der Waals surface area contributed by atoms with Crippen molar-refractivity contribution in [2.24, 2.45) is 5.16 Å². The van der Waals surface area contributed by atoms with E-state index in [1.54, 1.807) is 0 Å². The Morgan fingerprint density at radius 2 is 1.54 bits per heavy atom. The molecule has 0 saturated heterocycles. The van der Waals surface area contributed by atoms with Crippen LogP contribution in [0.3, 0.4) is 0 Å². The third-order valence-corrected chi connectivity index (χ3v) is 5.99. The SMILES string of the molecule is C=C(c1ccc(/C=N/O)cc1)c1cc2c(cc1C)C(C)(C)CCC2(C)C. The van der Waals surface area contributed by atoms with Crippen LogP contribution in [-0.2, 0) is 10.8 Å². The number of fused-ring (bicyclic) bond motifs is 1. The van der Waals surface area contributed by atoms with Crippen LogP contribution < -0.4 is 0 Å². The quantitative estimate of drug-likeness (QED) is 0.399. The van der Waals surface area contributed by atoms with Crippen molar-refractivity contribution in [3.8, 4) is 0 Å². The molecule has 2 heteroatoms. The zero-order chi connectivity index (χ0) is 19.1. The van der Waals surface area contributed by atoms with E-state index in [4.69, 9.17) is 5.21 Å². The van der Waals surface area contributed by atoms with E-state index >= 15 is 0 Å². The Labute approximate surface area is 157 Å². The molecule has 26 heavy (non-hydrogen) atoms. The number of rotatable bonds is 3. The highest BCUT2D eigenvalue weighted by molar-refractivity contribution is 5.83. The summed E-state index contributed by atoms with van der Waals surface area (Å²) in [4.78, 5) is 0. The smallest absolute Gasteiger partial charge is 0.0733 e. The molecule has 0 atom stereocenters. The Hall–Kier alpha value is -2.35. The monoisotopic (exact) mass is 347 g/mol. The fraction of sp³-hybridized carbons (Fsp3) is 0.375. The van der Waals surface area contributed by atoms with Gasteiger partial charge in [0.2, 0.25) is 0 Å². The zero-order valence-electron chi connectivity index (χ0n) is 16.6. The van der Waals surface area contributed by atoms with Crippen molar-refractivity contribution in [1.29, 1.82) is 0 Å². The Morgan fingerprint density at radius 3 is 2.08 bits per heavy atom. The van der Waals surface area contributed by atoms with Gasteiger partial charge in [0.05, 0.1) is 6.21 Å². The predicted octanol–water partition coefficient (Wildman–Crippen LogP) is 6.21. The molecule has 2 nitrogen and oxygen atoms in total. The fourth-order valence-electron chi connectivity index (χ4n) is 4.04. The highest BCUT2D eigenvalue weighted by atomic mass is 16.4. The van der Waals surface area contributed by atoms with Gasteiger partial charge < -0.3 is 5.21 Å². The lowest BCUT2D eigenvalue weighted by Crippen LogP contribution is -2.34. The van der Waals surface area contributed by atoms with Gasteiger partial charge in [-0.25, -0.2) is 0 Å². The van der Waals surface area contributed by atoms with Gasteiger partial charge in [-0.2, -0.15) is 0 Å². The first-order valence-corrected chi connectivity index (χ1v) is 9.28. The molecule has 0 saturated carbocycles. The van der Waals surface area contributed by atoms with Crippen molar-refractivity contribution in [1.82, 2.24) is 0 Å². The molecule has 0 amide bonds. The van der Waals surface area contributed by atoms with E-state index in [2.05, 4.69) is 58.5 Å². The average Bonchev–Trinajstić information content (AvgIpc) is 2.59. The predicted molar refractivity (Wildman–Crippen MR) is 110 cm³/mol. The van der Waals surface area contributed by atoms with Gasteiger partial charge in [0, 0.05) is 0 Å². The summed E-state index contributed by atoms with van der Waals surface area (Å²) in [5.74, 6) is 0. The van der Waals surface area contributed by atoms with Gasteiger partial charge in [-0.1, -0.05) is 75.8 Å². The lowest BCUT2D eigenvalue weighted by atomic mass is 9.62. The van der Waals surface area contributed by atoms with Crippen LogP contribution in [0.5, 0.6) is 0 Å². The normalized spacial score (nSPS) is 17.9. The number of benzene rings is 2. The summed E-state index contributed by atoms with van der Waals surface area (Å²) in [5, 5.41) is 11.8.